The molecule has 4 rings (SSSR count). The second kappa shape index (κ2) is 35.5. The van der Waals surface area contributed by atoms with Gasteiger partial charge >= 0.3 is 0 Å². The standard InChI is InChI=1S/2C14H21NOS.2C12H12ClNO/c2*1-3-10-15(11-4-2)14(16)17-12-13-8-6-5-7-9-13;2*1-3-10(2)14(12(15)9-13)11-7-5-4-6-8-11/h2*5-9H,3-4,10-12H2,1-2H3;2*1,4-8,10H,9H2,2H3. The van der Waals surface area contributed by atoms with E-state index in [1.807, 2.05) is 107 Å². The number of anilines is 2. The van der Waals surface area contributed by atoms with Gasteiger partial charge in [0.05, 0.1) is 12.1 Å². The normalized spacial score (nSPS) is 10.8. The van der Waals surface area contributed by atoms with E-state index in [1.54, 1.807) is 13.8 Å². The van der Waals surface area contributed by atoms with Crippen molar-refractivity contribution in [1.82, 2.24) is 9.80 Å². The second-order valence-electron chi connectivity index (χ2n) is 14.2. The van der Waals surface area contributed by atoms with Gasteiger partial charge < -0.3 is 9.80 Å². The molecule has 0 N–H and O–H groups in total. The fraction of sp³-hybridized carbons (Fsp3) is 0.385. The van der Waals surface area contributed by atoms with Gasteiger partial charge in [0.1, 0.15) is 11.8 Å². The predicted octanol–water partition coefficient (Wildman–Crippen LogP) is 12.9. The highest BCUT2D eigenvalue weighted by Gasteiger charge is 2.20. The minimum atomic E-state index is -0.293. The van der Waals surface area contributed by atoms with Crippen LogP contribution >= 0.6 is 46.7 Å². The summed E-state index contributed by atoms with van der Waals surface area (Å²) in [6, 6.07) is 38.2. The molecule has 2 atom stereocenters. The molecule has 64 heavy (non-hydrogen) atoms. The molecule has 12 heteroatoms. The molecule has 4 amide bonds. The van der Waals surface area contributed by atoms with Crippen LogP contribution in [0, 0.1) is 24.7 Å². The highest BCUT2D eigenvalue weighted by atomic mass is 35.5. The summed E-state index contributed by atoms with van der Waals surface area (Å²) < 4.78 is 0. The number of alkyl halides is 2. The Balaban J connectivity index is 0.000000427. The van der Waals surface area contributed by atoms with E-state index >= 15 is 0 Å². The van der Waals surface area contributed by atoms with Gasteiger partial charge in [0.15, 0.2) is 0 Å². The molecule has 8 nitrogen and oxygen atoms in total. The third-order valence-electron chi connectivity index (χ3n) is 8.99. The van der Waals surface area contributed by atoms with Gasteiger partial charge in [0, 0.05) is 49.1 Å². The number of amides is 4. The van der Waals surface area contributed by atoms with Gasteiger partial charge in [-0.2, -0.15) is 0 Å². The number of terminal acetylenes is 2. The quantitative estimate of drug-likeness (QED) is 0.0730. The van der Waals surface area contributed by atoms with Gasteiger partial charge in [-0.05, 0) is 74.9 Å². The van der Waals surface area contributed by atoms with Gasteiger partial charge in [-0.15, -0.1) is 36.0 Å². The van der Waals surface area contributed by atoms with E-state index in [-0.39, 0.29) is 46.1 Å². The Bertz CT molecular complexity index is 1810. The molecule has 0 radical (unpaired) electrons. The molecule has 4 aromatic carbocycles. The first-order valence-electron chi connectivity index (χ1n) is 21.7. The lowest BCUT2D eigenvalue weighted by molar-refractivity contribution is -0.117. The van der Waals surface area contributed by atoms with Crippen LogP contribution in [0.1, 0.15) is 78.4 Å². The topological polar surface area (TPSA) is 81.2 Å². The van der Waals surface area contributed by atoms with E-state index in [0.29, 0.717) is 0 Å². The molecule has 0 spiro atoms. The van der Waals surface area contributed by atoms with Crippen molar-refractivity contribution < 1.29 is 19.2 Å². The summed E-state index contributed by atoms with van der Waals surface area (Å²) >= 11 is 13.9. The third kappa shape index (κ3) is 22.7. The number of carbonyl (C=O) groups is 4. The van der Waals surface area contributed by atoms with Crippen LogP contribution < -0.4 is 9.80 Å². The minimum Gasteiger partial charge on any atom is -0.334 e. The predicted molar refractivity (Wildman–Crippen MR) is 276 cm³/mol. The van der Waals surface area contributed by atoms with Gasteiger partial charge in [-0.3, -0.25) is 29.0 Å². The number of halogens is 2. The lowest BCUT2D eigenvalue weighted by Crippen LogP contribution is -2.38. The van der Waals surface area contributed by atoms with E-state index in [4.69, 9.17) is 36.0 Å². The van der Waals surface area contributed by atoms with Crippen molar-refractivity contribution in [2.24, 2.45) is 0 Å². The molecular formula is C52H66Cl2N4O4S2. The van der Waals surface area contributed by atoms with Crippen LogP contribution in [-0.2, 0) is 21.1 Å². The number of thioether (sulfide) groups is 2. The first kappa shape index (κ1) is 57.2. The van der Waals surface area contributed by atoms with E-state index < -0.39 is 0 Å². The van der Waals surface area contributed by atoms with Gasteiger partial charge in [-0.25, -0.2) is 0 Å². The highest BCUT2D eigenvalue weighted by molar-refractivity contribution is 8.13. The first-order valence-corrected chi connectivity index (χ1v) is 24.7. The Labute approximate surface area is 402 Å². The molecule has 0 aliphatic heterocycles. The molecule has 0 saturated heterocycles. The maximum atomic E-state index is 12.0. The van der Waals surface area contributed by atoms with Crippen LogP contribution in [0.15, 0.2) is 121 Å². The average molecular weight is 946 g/mol. The van der Waals surface area contributed by atoms with Crippen molar-refractivity contribution in [1.29, 1.82) is 0 Å². The summed E-state index contributed by atoms with van der Waals surface area (Å²) in [5.41, 5.74) is 3.96. The van der Waals surface area contributed by atoms with Crippen LogP contribution in [0.2, 0.25) is 0 Å². The van der Waals surface area contributed by atoms with E-state index in [0.717, 1.165) is 74.7 Å². The Morgan fingerprint density at radius 1 is 0.500 bits per heavy atom. The SMILES string of the molecule is C#CC(C)N(C(=O)CCl)c1ccccc1.C#CC(C)N(C(=O)CCl)c1ccccc1.CCCN(CCC)C(=O)SCc1ccccc1.CCCN(CCC)C(=O)SCc1ccccc1. The molecular weight excluding hydrogens is 880 g/mol. The summed E-state index contributed by atoms with van der Waals surface area (Å²) in [6.07, 6.45) is 14.7. The van der Waals surface area contributed by atoms with Gasteiger partial charge in [0.25, 0.3) is 10.5 Å². The van der Waals surface area contributed by atoms with Crippen LogP contribution in [0.4, 0.5) is 21.0 Å². The molecule has 2 unspecified atom stereocenters. The zero-order chi connectivity index (χ0) is 47.5. The molecule has 0 aliphatic rings. The largest absolute Gasteiger partial charge is 0.334 e. The zero-order valence-electron chi connectivity index (χ0n) is 38.3. The maximum Gasteiger partial charge on any atom is 0.281 e. The molecule has 0 aliphatic carbocycles. The van der Waals surface area contributed by atoms with Crippen LogP contribution in [0.3, 0.4) is 0 Å². The van der Waals surface area contributed by atoms with Crippen molar-refractivity contribution in [2.45, 2.75) is 90.8 Å². The lowest BCUT2D eigenvalue weighted by Gasteiger charge is -2.25. The number of rotatable bonds is 18. The Morgan fingerprint density at radius 3 is 1.00 bits per heavy atom. The fourth-order valence-corrected chi connectivity index (χ4v) is 7.86. The number of benzene rings is 4. The van der Waals surface area contributed by atoms with E-state index in [9.17, 15) is 19.2 Å². The highest BCUT2D eigenvalue weighted by Crippen LogP contribution is 2.20. The van der Waals surface area contributed by atoms with E-state index in [2.05, 4.69) is 63.8 Å². The number of hydrogen-bond donors (Lipinski definition) is 0. The molecule has 0 fully saturated rings. The van der Waals surface area contributed by atoms with Gasteiger partial charge in [0.2, 0.25) is 11.8 Å². The van der Waals surface area contributed by atoms with Crippen LogP contribution in [-0.4, -0.2) is 82.1 Å². The zero-order valence-corrected chi connectivity index (χ0v) is 41.5. The summed E-state index contributed by atoms with van der Waals surface area (Å²) in [5.74, 6) is 6.07. The minimum absolute atomic E-state index is 0.0685. The number of hydrogen-bond acceptors (Lipinski definition) is 6. The molecule has 0 aromatic heterocycles. The second-order valence-corrected chi connectivity index (χ2v) is 16.6. The van der Waals surface area contributed by atoms with Crippen molar-refractivity contribution in [3.05, 3.63) is 132 Å². The maximum absolute atomic E-state index is 12.0. The fourth-order valence-electron chi connectivity index (χ4n) is 5.91. The number of para-hydroxylation sites is 2. The molecule has 0 heterocycles. The molecule has 344 valence electrons. The van der Waals surface area contributed by atoms with Crippen LogP contribution in [0.25, 0.3) is 0 Å². The van der Waals surface area contributed by atoms with Gasteiger partial charge in [-0.1, -0.05) is 160 Å². The van der Waals surface area contributed by atoms with Crippen molar-refractivity contribution in [2.75, 3.05) is 47.7 Å². The first-order chi connectivity index (χ1) is 31.0. The Kier molecular flexibility index (Phi) is 31.7. The summed E-state index contributed by atoms with van der Waals surface area (Å²) in [4.78, 5) is 54.1. The lowest BCUT2D eigenvalue weighted by atomic mass is 10.2. The molecule has 4 aromatic rings. The van der Waals surface area contributed by atoms with Crippen LogP contribution in [0.5, 0.6) is 0 Å². The number of carbonyl (C=O) groups excluding carboxylic acids is 4. The Morgan fingerprint density at radius 2 is 0.766 bits per heavy atom. The van der Waals surface area contributed by atoms with Crippen molar-refractivity contribution in [3.8, 4) is 24.7 Å². The van der Waals surface area contributed by atoms with E-state index in [1.165, 1.54) is 44.5 Å². The van der Waals surface area contributed by atoms with Crippen molar-refractivity contribution >= 4 is 80.4 Å². The Hall–Kier alpha value is -4.84. The smallest absolute Gasteiger partial charge is 0.281 e. The average Bonchev–Trinajstić information content (AvgIpc) is 3.34. The summed E-state index contributed by atoms with van der Waals surface area (Å²) in [6.45, 7) is 15.5. The van der Waals surface area contributed by atoms with Crippen molar-refractivity contribution in [3.63, 3.8) is 0 Å². The monoisotopic (exact) mass is 944 g/mol. The molecule has 0 bridgehead atoms. The third-order valence-corrected chi connectivity index (χ3v) is 11.4. The summed E-state index contributed by atoms with van der Waals surface area (Å²) in [5, 5.41) is 0.412. The number of nitrogens with zero attached hydrogens (tertiary/aromatic N) is 4. The summed E-state index contributed by atoms with van der Waals surface area (Å²) in [7, 11) is 0. The molecule has 0 saturated carbocycles.